The third-order valence-corrected chi connectivity index (χ3v) is 8.12. The number of rotatable bonds is 4. The minimum absolute atomic E-state index is 0.0749. The largest absolute Gasteiger partial charge is 0.390 e. The Balaban J connectivity index is 1.39. The number of H-pyrrole nitrogens is 1. The molecular formula is C25H32F3N5O3. The van der Waals surface area contributed by atoms with E-state index in [2.05, 4.69) is 15.3 Å². The van der Waals surface area contributed by atoms with Gasteiger partial charge in [0.15, 0.2) is 0 Å². The van der Waals surface area contributed by atoms with Crippen LogP contribution in [0.25, 0.3) is 11.0 Å². The number of piperidine rings is 1. The zero-order valence-corrected chi connectivity index (χ0v) is 20.3. The van der Waals surface area contributed by atoms with Crippen molar-refractivity contribution >= 4 is 28.7 Å². The van der Waals surface area contributed by atoms with Gasteiger partial charge in [-0.15, -0.1) is 0 Å². The number of aromatic nitrogens is 2. The highest BCUT2D eigenvalue weighted by Gasteiger charge is 2.56. The fourth-order valence-electron chi connectivity index (χ4n) is 5.85. The predicted molar refractivity (Wildman–Crippen MR) is 127 cm³/mol. The van der Waals surface area contributed by atoms with Crippen molar-refractivity contribution in [3.8, 4) is 0 Å². The molecule has 0 radical (unpaired) electrons. The second kappa shape index (κ2) is 9.02. The molecule has 3 aliphatic rings. The topological polar surface area (TPSA) is 102 Å². The number of alkyl halides is 3. The standard InChI is InChI=1S/C25H32F3N5O3/c1-23(36)9-12-32(13-10-23)24(5-7-25(27,28)8-6-24)22(35)33-15-16(26)14-19(33)21(34)31-20-3-2-17-18(30-20)4-11-29-17/h2-4,11,16,19,29,36H,5-10,12-15H2,1H3,(H,30,31,34)/t16-,19-/m1/s1. The first kappa shape index (κ1) is 25.0. The number of carbonyl (C=O) groups excluding carboxylic acids is 2. The number of hydrogen-bond acceptors (Lipinski definition) is 5. The van der Waals surface area contributed by atoms with E-state index in [1.54, 1.807) is 31.3 Å². The number of pyridine rings is 1. The first-order chi connectivity index (χ1) is 17.0. The van der Waals surface area contributed by atoms with Crippen LogP contribution in [0.2, 0.25) is 0 Å². The first-order valence-electron chi connectivity index (χ1n) is 12.5. The molecule has 0 unspecified atom stereocenters. The zero-order valence-electron chi connectivity index (χ0n) is 20.3. The van der Waals surface area contributed by atoms with Crippen molar-refractivity contribution in [3.63, 3.8) is 0 Å². The van der Waals surface area contributed by atoms with Crippen molar-refractivity contribution in [2.24, 2.45) is 0 Å². The van der Waals surface area contributed by atoms with Crippen LogP contribution in [0.3, 0.4) is 0 Å². The summed E-state index contributed by atoms with van der Waals surface area (Å²) in [6.07, 6.45) is -0.0710. The van der Waals surface area contributed by atoms with Crippen LogP contribution in [-0.2, 0) is 9.59 Å². The molecule has 2 aliphatic heterocycles. The van der Waals surface area contributed by atoms with E-state index in [1.165, 1.54) is 4.90 Å². The Morgan fingerprint density at radius 2 is 1.81 bits per heavy atom. The van der Waals surface area contributed by atoms with Crippen molar-refractivity contribution < 1.29 is 27.9 Å². The summed E-state index contributed by atoms with van der Waals surface area (Å²) in [4.78, 5) is 37.8. The average Bonchev–Trinajstić information content (AvgIpc) is 3.45. The third kappa shape index (κ3) is 4.70. The lowest BCUT2D eigenvalue weighted by Crippen LogP contribution is -2.65. The molecule has 1 saturated carbocycles. The van der Waals surface area contributed by atoms with Crippen molar-refractivity contribution in [1.82, 2.24) is 19.8 Å². The van der Waals surface area contributed by atoms with E-state index in [4.69, 9.17) is 0 Å². The van der Waals surface area contributed by atoms with Crippen LogP contribution in [0.5, 0.6) is 0 Å². The van der Waals surface area contributed by atoms with Crippen LogP contribution in [-0.4, -0.2) is 85.6 Å². The molecule has 0 bridgehead atoms. The molecule has 2 aromatic rings. The Bertz CT molecular complexity index is 1130. The molecule has 1 aliphatic carbocycles. The van der Waals surface area contributed by atoms with Crippen LogP contribution >= 0.6 is 0 Å². The molecule has 11 heteroatoms. The van der Waals surface area contributed by atoms with Crippen LogP contribution in [0, 0.1) is 0 Å². The zero-order chi connectivity index (χ0) is 25.7. The Labute approximate surface area is 207 Å². The lowest BCUT2D eigenvalue weighted by Gasteiger charge is -2.51. The molecule has 196 valence electrons. The number of carbonyl (C=O) groups is 2. The molecule has 0 spiro atoms. The number of fused-ring (bicyclic) bond motifs is 1. The second-order valence-electron chi connectivity index (χ2n) is 10.8. The summed E-state index contributed by atoms with van der Waals surface area (Å²) >= 11 is 0. The van der Waals surface area contributed by atoms with Gasteiger partial charge in [0.05, 0.1) is 23.2 Å². The minimum atomic E-state index is -2.86. The number of anilines is 1. The number of nitrogens with one attached hydrogen (secondary N) is 2. The summed E-state index contributed by atoms with van der Waals surface area (Å²) in [7, 11) is 0. The fraction of sp³-hybridized carbons (Fsp3) is 0.640. The molecular weight excluding hydrogens is 475 g/mol. The molecule has 0 aromatic carbocycles. The molecule has 2 aromatic heterocycles. The van der Waals surface area contributed by atoms with E-state index in [9.17, 15) is 27.9 Å². The van der Waals surface area contributed by atoms with Crippen LogP contribution in [0.1, 0.15) is 51.9 Å². The summed E-state index contributed by atoms with van der Waals surface area (Å²) in [5.41, 5.74) is -0.680. The molecule has 2 amide bonds. The fourth-order valence-corrected chi connectivity index (χ4v) is 5.85. The summed E-state index contributed by atoms with van der Waals surface area (Å²) in [5, 5.41) is 13.1. The quantitative estimate of drug-likeness (QED) is 0.590. The van der Waals surface area contributed by atoms with Gasteiger partial charge in [0.25, 0.3) is 0 Å². The number of halogens is 3. The van der Waals surface area contributed by atoms with E-state index in [0.717, 1.165) is 5.52 Å². The summed E-state index contributed by atoms with van der Waals surface area (Å²) in [5.74, 6) is -3.61. The number of nitrogens with zero attached hydrogens (tertiary/aromatic N) is 3. The smallest absolute Gasteiger partial charge is 0.248 e. The molecule has 3 N–H and O–H groups in total. The van der Waals surface area contributed by atoms with Gasteiger partial charge < -0.3 is 20.3 Å². The van der Waals surface area contributed by atoms with Gasteiger partial charge in [-0.2, -0.15) is 0 Å². The monoisotopic (exact) mass is 507 g/mol. The number of amides is 2. The molecule has 36 heavy (non-hydrogen) atoms. The average molecular weight is 508 g/mol. The maximum atomic E-state index is 14.6. The lowest BCUT2D eigenvalue weighted by atomic mass is 9.75. The van der Waals surface area contributed by atoms with E-state index in [0.29, 0.717) is 31.4 Å². The van der Waals surface area contributed by atoms with Crippen molar-refractivity contribution in [1.29, 1.82) is 0 Å². The van der Waals surface area contributed by atoms with Crippen molar-refractivity contribution in [2.45, 2.75) is 81.1 Å². The van der Waals surface area contributed by atoms with Gasteiger partial charge in [-0.3, -0.25) is 14.5 Å². The number of aliphatic hydroxyl groups is 1. The Morgan fingerprint density at radius 1 is 1.11 bits per heavy atom. The summed E-state index contributed by atoms with van der Waals surface area (Å²) in [6.45, 7) is 2.20. The molecule has 8 nitrogen and oxygen atoms in total. The lowest BCUT2D eigenvalue weighted by molar-refractivity contribution is -0.161. The normalized spacial score (nSPS) is 27.8. The van der Waals surface area contributed by atoms with Gasteiger partial charge >= 0.3 is 0 Å². The van der Waals surface area contributed by atoms with E-state index in [-0.39, 0.29) is 31.6 Å². The maximum Gasteiger partial charge on any atom is 0.248 e. The van der Waals surface area contributed by atoms with E-state index < -0.39 is 53.9 Å². The molecule has 3 fully saturated rings. The van der Waals surface area contributed by atoms with Crippen molar-refractivity contribution in [2.75, 3.05) is 25.0 Å². The molecule has 2 saturated heterocycles. The van der Waals surface area contributed by atoms with Crippen LogP contribution in [0.4, 0.5) is 19.0 Å². The van der Waals surface area contributed by atoms with Crippen molar-refractivity contribution in [3.05, 3.63) is 24.4 Å². The SMILES string of the molecule is CC1(O)CCN(C2(C(=O)N3C[C@H](F)C[C@@H]3C(=O)Nc3ccc4[nH]ccc4n3)CCC(F)(F)CC2)CC1. The van der Waals surface area contributed by atoms with E-state index in [1.807, 2.05) is 4.90 Å². The van der Waals surface area contributed by atoms with Gasteiger partial charge in [0.1, 0.15) is 23.6 Å². The van der Waals surface area contributed by atoms with Crippen LogP contribution in [0.15, 0.2) is 24.4 Å². The molecule has 4 heterocycles. The number of likely N-dealkylation sites (tertiary alicyclic amines) is 2. The minimum Gasteiger partial charge on any atom is -0.390 e. The van der Waals surface area contributed by atoms with E-state index >= 15 is 0 Å². The van der Waals surface area contributed by atoms with Gasteiger partial charge in [-0.05, 0) is 50.8 Å². The maximum absolute atomic E-state index is 14.6. The predicted octanol–water partition coefficient (Wildman–Crippen LogP) is 3.24. The molecule has 5 rings (SSSR count). The highest BCUT2D eigenvalue weighted by molar-refractivity contribution is 5.99. The number of aromatic amines is 1. The number of hydrogen-bond donors (Lipinski definition) is 3. The Hall–Kier alpha value is -2.66. The Morgan fingerprint density at radius 3 is 2.50 bits per heavy atom. The summed E-state index contributed by atoms with van der Waals surface area (Å²) < 4.78 is 43.0. The second-order valence-corrected chi connectivity index (χ2v) is 10.8. The third-order valence-electron chi connectivity index (χ3n) is 8.12. The van der Waals surface area contributed by atoms with Crippen LogP contribution < -0.4 is 5.32 Å². The first-order valence-corrected chi connectivity index (χ1v) is 12.5. The van der Waals surface area contributed by atoms with Gasteiger partial charge in [-0.1, -0.05) is 0 Å². The molecule has 2 atom stereocenters. The van der Waals surface area contributed by atoms with Gasteiger partial charge in [-0.25, -0.2) is 18.2 Å². The highest BCUT2D eigenvalue weighted by Crippen LogP contribution is 2.45. The van der Waals surface area contributed by atoms with Gasteiger partial charge in [0.2, 0.25) is 17.7 Å². The highest BCUT2D eigenvalue weighted by atomic mass is 19.3. The summed E-state index contributed by atoms with van der Waals surface area (Å²) in [6, 6.07) is 4.07. The Kier molecular flexibility index (Phi) is 6.27. The van der Waals surface area contributed by atoms with Gasteiger partial charge in [0, 0.05) is 38.5 Å².